The highest BCUT2D eigenvalue weighted by atomic mass is 16.2. The molecule has 1 amide bonds. The van der Waals surface area contributed by atoms with Crippen LogP contribution in [0, 0.1) is 18.8 Å². The van der Waals surface area contributed by atoms with Gasteiger partial charge in [-0.2, -0.15) is 5.10 Å². The summed E-state index contributed by atoms with van der Waals surface area (Å²) >= 11 is 0. The molecule has 0 aliphatic heterocycles. The molecule has 3 atom stereocenters. The molecule has 0 bridgehead atoms. The molecule has 168 valence electrons. The van der Waals surface area contributed by atoms with E-state index in [1.54, 1.807) is 10.9 Å². The second kappa shape index (κ2) is 7.88. The van der Waals surface area contributed by atoms with Gasteiger partial charge in [-0.25, -0.2) is 9.97 Å². The Morgan fingerprint density at radius 3 is 2.76 bits per heavy atom. The van der Waals surface area contributed by atoms with Gasteiger partial charge >= 0.3 is 0 Å². The Hall–Kier alpha value is -3.94. The van der Waals surface area contributed by atoms with E-state index in [-0.39, 0.29) is 17.7 Å². The molecule has 3 aromatic heterocycles. The number of aryl methyl sites for hydroxylation is 1. The number of benzene rings is 1. The topological polar surface area (TPSA) is 125 Å². The predicted octanol–water partition coefficient (Wildman–Crippen LogP) is 3.88. The number of nitrogen functional groups attached to an aromatic ring is 2. The molecule has 1 fully saturated rings. The van der Waals surface area contributed by atoms with Gasteiger partial charge in [-0.1, -0.05) is 25.5 Å². The van der Waals surface area contributed by atoms with Crippen LogP contribution in [-0.4, -0.2) is 25.7 Å². The van der Waals surface area contributed by atoms with Gasteiger partial charge in [0.25, 0.3) is 0 Å². The maximum atomic E-state index is 13.1. The molecule has 3 unspecified atom stereocenters. The summed E-state index contributed by atoms with van der Waals surface area (Å²) < 4.78 is 1.78. The zero-order valence-electron chi connectivity index (χ0n) is 18.9. The lowest BCUT2D eigenvalue weighted by Crippen LogP contribution is -2.16. The monoisotopic (exact) mass is 441 g/mol. The van der Waals surface area contributed by atoms with Crippen molar-refractivity contribution >= 4 is 34.0 Å². The number of amides is 1. The highest BCUT2D eigenvalue weighted by molar-refractivity contribution is 5.99. The number of carbonyl (C=O) groups excluding carboxylic acids is 1. The fraction of sp³-hybridized carbons (Fsp3) is 0.280. The average Bonchev–Trinajstić information content (AvgIpc) is 3.38. The third-order valence-electron chi connectivity index (χ3n) is 6.70. The van der Waals surface area contributed by atoms with Crippen LogP contribution in [0.3, 0.4) is 0 Å². The molecule has 0 saturated heterocycles. The van der Waals surface area contributed by atoms with Crippen LogP contribution in [0.4, 0.5) is 17.3 Å². The predicted molar refractivity (Wildman–Crippen MR) is 130 cm³/mol. The van der Waals surface area contributed by atoms with Crippen molar-refractivity contribution in [2.75, 3.05) is 16.8 Å². The van der Waals surface area contributed by atoms with Crippen molar-refractivity contribution in [2.24, 2.45) is 18.9 Å². The summed E-state index contributed by atoms with van der Waals surface area (Å²) in [5, 5.41) is 8.86. The molecule has 8 nitrogen and oxygen atoms in total. The van der Waals surface area contributed by atoms with Crippen molar-refractivity contribution in [3.63, 3.8) is 0 Å². The van der Waals surface area contributed by atoms with Crippen molar-refractivity contribution in [3.8, 4) is 11.3 Å². The van der Waals surface area contributed by atoms with Crippen molar-refractivity contribution in [2.45, 2.75) is 26.2 Å². The number of anilines is 3. The molecule has 33 heavy (non-hydrogen) atoms. The second-order valence-corrected chi connectivity index (χ2v) is 8.76. The summed E-state index contributed by atoms with van der Waals surface area (Å²) in [6.45, 7) is 4.08. The van der Waals surface area contributed by atoms with Crippen molar-refractivity contribution < 1.29 is 4.79 Å². The Morgan fingerprint density at radius 1 is 1.21 bits per heavy atom. The van der Waals surface area contributed by atoms with Crippen LogP contribution in [0.25, 0.3) is 22.0 Å². The maximum absolute atomic E-state index is 13.1. The first-order valence-corrected chi connectivity index (χ1v) is 11.1. The van der Waals surface area contributed by atoms with Gasteiger partial charge in [0.1, 0.15) is 11.6 Å². The fourth-order valence-corrected chi connectivity index (χ4v) is 4.83. The summed E-state index contributed by atoms with van der Waals surface area (Å²) in [7, 11) is 1.89. The molecule has 3 heterocycles. The van der Waals surface area contributed by atoms with Gasteiger partial charge in [-0.3, -0.25) is 9.48 Å². The van der Waals surface area contributed by atoms with E-state index in [0.29, 0.717) is 23.2 Å². The molecule has 1 aromatic carbocycles. The zero-order chi connectivity index (χ0) is 23.3. The maximum Gasteiger partial charge on any atom is 0.229 e. The Bertz CT molecular complexity index is 1380. The number of nitrogens with two attached hydrogens (primary N) is 2. The normalized spacial score (nSPS) is 19.5. The largest absolute Gasteiger partial charge is 0.398 e. The summed E-state index contributed by atoms with van der Waals surface area (Å²) in [4.78, 5) is 22.1. The minimum Gasteiger partial charge on any atom is -0.398 e. The minimum absolute atomic E-state index is 0.0171. The first-order chi connectivity index (χ1) is 15.9. The molecule has 1 aliphatic rings. The van der Waals surface area contributed by atoms with E-state index in [2.05, 4.69) is 27.3 Å². The molecular formula is C25H27N7O. The molecule has 0 spiro atoms. The SMILES string of the molecule is CCC1C(C(=O)Nc2cc3cc(-c4cccc(N)c4C)nc(N)c3cn2)C1c1cnn(C)c1. The number of pyridine rings is 2. The number of hydrogen-bond acceptors (Lipinski definition) is 6. The van der Waals surface area contributed by atoms with Gasteiger partial charge < -0.3 is 16.8 Å². The number of rotatable bonds is 5. The number of aromatic nitrogens is 4. The van der Waals surface area contributed by atoms with Gasteiger partial charge in [0.15, 0.2) is 0 Å². The number of fused-ring (bicyclic) bond motifs is 1. The fourth-order valence-electron chi connectivity index (χ4n) is 4.83. The smallest absolute Gasteiger partial charge is 0.229 e. The van der Waals surface area contributed by atoms with Gasteiger partial charge in [-0.15, -0.1) is 0 Å². The van der Waals surface area contributed by atoms with E-state index in [0.717, 1.165) is 39.6 Å². The number of nitrogens with zero attached hydrogens (tertiary/aromatic N) is 4. The Balaban J connectivity index is 1.43. The zero-order valence-corrected chi connectivity index (χ0v) is 18.9. The molecule has 5 rings (SSSR count). The van der Waals surface area contributed by atoms with Crippen LogP contribution in [0.2, 0.25) is 0 Å². The molecule has 5 N–H and O–H groups in total. The highest BCUT2D eigenvalue weighted by Gasteiger charge is 2.54. The van der Waals surface area contributed by atoms with E-state index in [1.165, 1.54) is 0 Å². The number of hydrogen-bond donors (Lipinski definition) is 3. The van der Waals surface area contributed by atoms with Gasteiger partial charge in [0.2, 0.25) is 5.91 Å². The quantitative estimate of drug-likeness (QED) is 0.404. The van der Waals surface area contributed by atoms with Gasteiger partial charge in [0.05, 0.1) is 11.9 Å². The lowest BCUT2D eigenvalue weighted by Gasteiger charge is -2.11. The summed E-state index contributed by atoms with van der Waals surface area (Å²) in [5.41, 5.74) is 16.7. The van der Waals surface area contributed by atoms with E-state index in [9.17, 15) is 4.79 Å². The second-order valence-electron chi connectivity index (χ2n) is 8.76. The first-order valence-electron chi connectivity index (χ1n) is 11.1. The first kappa shape index (κ1) is 20.9. The van der Waals surface area contributed by atoms with E-state index >= 15 is 0 Å². The van der Waals surface area contributed by atoms with Crippen LogP contribution in [0.15, 0.2) is 48.9 Å². The van der Waals surface area contributed by atoms with Crippen LogP contribution < -0.4 is 16.8 Å². The Morgan fingerprint density at radius 2 is 2.03 bits per heavy atom. The number of nitrogens with one attached hydrogen (secondary N) is 1. The van der Waals surface area contributed by atoms with E-state index in [1.807, 2.05) is 56.7 Å². The molecule has 1 saturated carbocycles. The highest BCUT2D eigenvalue weighted by Crippen LogP contribution is 2.56. The van der Waals surface area contributed by atoms with Crippen LogP contribution in [0.5, 0.6) is 0 Å². The minimum atomic E-state index is -0.0790. The Kier molecular flexibility index (Phi) is 5.00. The van der Waals surface area contributed by atoms with Gasteiger partial charge in [-0.05, 0) is 47.6 Å². The van der Waals surface area contributed by atoms with Crippen molar-refractivity contribution in [1.82, 2.24) is 19.7 Å². The van der Waals surface area contributed by atoms with Crippen LogP contribution in [0.1, 0.15) is 30.4 Å². The van der Waals surface area contributed by atoms with Gasteiger partial charge in [0, 0.05) is 47.9 Å². The third-order valence-corrected chi connectivity index (χ3v) is 6.70. The lowest BCUT2D eigenvalue weighted by molar-refractivity contribution is -0.117. The Labute approximate surface area is 192 Å². The molecule has 4 aromatic rings. The van der Waals surface area contributed by atoms with Crippen LogP contribution >= 0.6 is 0 Å². The van der Waals surface area contributed by atoms with Crippen molar-refractivity contribution in [1.29, 1.82) is 0 Å². The van der Waals surface area contributed by atoms with E-state index < -0.39 is 0 Å². The molecular weight excluding hydrogens is 414 g/mol. The standard InChI is InChI=1S/C25H27N7O/c1-4-16-22(15-10-29-32(3)12-15)23(16)25(33)31-21-9-14-8-20(30-24(27)18(14)11-28-21)17-6-5-7-19(26)13(17)2/h5-12,16,22-23H,4,26H2,1-3H3,(H2,27,30)(H,28,31,33). The average molecular weight is 442 g/mol. The summed E-state index contributed by atoms with van der Waals surface area (Å²) in [5.74, 6) is 1.30. The molecule has 1 aliphatic carbocycles. The molecule has 0 radical (unpaired) electrons. The lowest BCUT2D eigenvalue weighted by atomic mass is 10.0. The third kappa shape index (κ3) is 3.67. The van der Waals surface area contributed by atoms with Crippen LogP contribution in [-0.2, 0) is 11.8 Å². The number of carbonyl (C=O) groups is 1. The summed E-state index contributed by atoms with van der Waals surface area (Å²) in [6, 6.07) is 9.53. The molecule has 8 heteroatoms. The summed E-state index contributed by atoms with van der Waals surface area (Å²) in [6.07, 6.45) is 6.44. The van der Waals surface area contributed by atoms with Crippen molar-refractivity contribution in [3.05, 3.63) is 60.0 Å². The van der Waals surface area contributed by atoms with E-state index in [4.69, 9.17) is 11.5 Å².